The van der Waals surface area contributed by atoms with Crippen LogP contribution in [0.1, 0.15) is 38.2 Å². The first-order chi connectivity index (χ1) is 13.7. The van der Waals surface area contributed by atoms with E-state index in [9.17, 15) is 4.79 Å². The summed E-state index contributed by atoms with van der Waals surface area (Å²) in [7, 11) is 0. The van der Waals surface area contributed by atoms with Crippen LogP contribution in [0.3, 0.4) is 0 Å². The van der Waals surface area contributed by atoms with Crippen molar-refractivity contribution in [3.63, 3.8) is 0 Å². The molecule has 2 aromatic rings. The van der Waals surface area contributed by atoms with Gasteiger partial charge in [-0.05, 0) is 19.1 Å². The van der Waals surface area contributed by atoms with Crippen LogP contribution < -0.4 is 20.3 Å². The van der Waals surface area contributed by atoms with Gasteiger partial charge in [-0.1, -0.05) is 42.5 Å². The summed E-state index contributed by atoms with van der Waals surface area (Å²) < 4.78 is 5.60. The molecule has 2 aliphatic heterocycles. The van der Waals surface area contributed by atoms with Crippen molar-refractivity contribution < 1.29 is 14.4 Å². The largest absolute Gasteiger partial charge is 0.492 e. The maximum absolute atomic E-state index is 12.6. The lowest BCUT2D eigenvalue weighted by Gasteiger charge is -2.36. The third kappa shape index (κ3) is 4.30. The van der Waals surface area contributed by atoms with E-state index in [4.69, 9.17) is 4.74 Å². The third-order valence-corrected chi connectivity index (χ3v) is 6.07. The average Bonchev–Trinajstić information content (AvgIpc) is 2.93. The van der Waals surface area contributed by atoms with Crippen molar-refractivity contribution in [3.8, 4) is 5.75 Å². The highest BCUT2D eigenvalue weighted by Gasteiger charge is 2.44. The van der Waals surface area contributed by atoms with E-state index in [2.05, 4.69) is 41.0 Å². The molecule has 0 aliphatic carbocycles. The molecule has 2 aromatic carbocycles. The maximum atomic E-state index is 12.6. The van der Waals surface area contributed by atoms with Crippen molar-refractivity contribution in [1.82, 2.24) is 5.32 Å². The maximum Gasteiger partial charge on any atom is 0.319 e. The minimum absolute atomic E-state index is 0.136. The summed E-state index contributed by atoms with van der Waals surface area (Å²) in [4.78, 5) is 14.3. The molecule has 28 heavy (non-hydrogen) atoms. The Labute approximate surface area is 167 Å². The molecule has 2 amide bonds. The molecule has 0 radical (unpaired) electrons. The lowest BCUT2D eigenvalue weighted by molar-refractivity contribution is -0.954. The van der Waals surface area contributed by atoms with Gasteiger partial charge in [-0.2, -0.15) is 0 Å². The molecule has 0 aromatic heterocycles. The number of carbonyl (C=O) groups is 1. The molecular formula is C23H30N3O2+. The highest BCUT2D eigenvalue weighted by molar-refractivity contribution is 5.91. The summed E-state index contributed by atoms with van der Waals surface area (Å²) in [6.07, 6.45) is 4.64. The van der Waals surface area contributed by atoms with Gasteiger partial charge in [0, 0.05) is 37.3 Å². The van der Waals surface area contributed by atoms with Crippen LogP contribution in [0, 0.1) is 0 Å². The van der Waals surface area contributed by atoms with Gasteiger partial charge in [0.1, 0.15) is 12.3 Å². The quantitative estimate of drug-likeness (QED) is 0.722. The number of benzene rings is 2. The zero-order valence-electron chi connectivity index (χ0n) is 16.5. The van der Waals surface area contributed by atoms with E-state index in [1.165, 1.54) is 18.4 Å². The van der Waals surface area contributed by atoms with Crippen LogP contribution in [0.25, 0.3) is 0 Å². The molecule has 0 spiro atoms. The highest BCUT2D eigenvalue weighted by atomic mass is 16.5. The monoisotopic (exact) mass is 380 g/mol. The molecule has 4 atom stereocenters. The summed E-state index contributed by atoms with van der Waals surface area (Å²) in [5.41, 5.74) is 2.13. The van der Waals surface area contributed by atoms with Gasteiger partial charge in [-0.3, -0.25) is 0 Å². The van der Waals surface area contributed by atoms with Crippen LogP contribution in [0.15, 0.2) is 54.6 Å². The van der Waals surface area contributed by atoms with E-state index in [-0.39, 0.29) is 12.1 Å². The van der Waals surface area contributed by atoms with Gasteiger partial charge in [0.2, 0.25) is 0 Å². The number of piperidine rings is 1. The number of para-hydroxylation sites is 2. The number of amides is 2. The Hall–Kier alpha value is -2.53. The van der Waals surface area contributed by atoms with E-state index < -0.39 is 0 Å². The van der Waals surface area contributed by atoms with Crippen LogP contribution in [0.5, 0.6) is 5.75 Å². The minimum atomic E-state index is -0.136. The lowest BCUT2D eigenvalue weighted by atomic mass is 9.96. The molecule has 2 heterocycles. The second-order valence-electron chi connectivity index (χ2n) is 7.90. The fourth-order valence-corrected chi connectivity index (χ4v) is 4.86. The van der Waals surface area contributed by atoms with Gasteiger partial charge >= 0.3 is 6.03 Å². The molecule has 2 fully saturated rings. The molecular weight excluding hydrogens is 350 g/mol. The van der Waals surface area contributed by atoms with Gasteiger partial charge in [-0.15, -0.1) is 0 Å². The summed E-state index contributed by atoms with van der Waals surface area (Å²) in [5.74, 6) is 0.711. The van der Waals surface area contributed by atoms with Crippen LogP contribution in [-0.4, -0.2) is 30.8 Å². The first-order valence-corrected chi connectivity index (χ1v) is 10.4. The van der Waals surface area contributed by atoms with Gasteiger partial charge in [0.25, 0.3) is 0 Å². The SMILES string of the molecule is CCOc1ccccc1NC(=O)NC1C[C@H]2CC[C@@H](C1)[NH+]2Cc1ccccc1. The van der Waals surface area contributed by atoms with Gasteiger partial charge in [-0.25, -0.2) is 4.79 Å². The average molecular weight is 381 g/mol. The highest BCUT2D eigenvalue weighted by Crippen LogP contribution is 2.25. The first-order valence-electron chi connectivity index (χ1n) is 10.4. The second kappa shape index (κ2) is 8.65. The molecule has 0 saturated carbocycles. The van der Waals surface area contributed by atoms with Crippen LogP contribution in [-0.2, 0) is 6.54 Å². The van der Waals surface area contributed by atoms with Crippen LogP contribution in [0.2, 0.25) is 0 Å². The number of hydrogen-bond donors (Lipinski definition) is 3. The number of anilines is 1. The summed E-state index contributed by atoms with van der Waals surface area (Å²) in [5, 5.41) is 6.16. The van der Waals surface area contributed by atoms with Crippen LogP contribution in [0.4, 0.5) is 10.5 Å². The number of quaternary nitrogens is 1. The van der Waals surface area contributed by atoms with Crippen molar-refractivity contribution in [2.24, 2.45) is 0 Å². The molecule has 5 nitrogen and oxygen atoms in total. The summed E-state index contributed by atoms with van der Waals surface area (Å²) >= 11 is 0. The molecule has 5 heteroatoms. The van der Waals surface area contributed by atoms with E-state index in [1.807, 2.05) is 31.2 Å². The number of fused-ring (bicyclic) bond motifs is 2. The van der Waals surface area contributed by atoms with Crippen molar-refractivity contribution in [2.75, 3.05) is 11.9 Å². The Bertz CT molecular complexity index is 781. The number of ether oxygens (including phenoxy) is 1. The Balaban J connectivity index is 1.33. The van der Waals surface area contributed by atoms with E-state index in [0.29, 0.717) is 24.4 Å². The Morgan fingerprint density at radius 3 is 2.43 bits per heavy atom. The van der Waals surface area contributed by atoms with Crippen molar-refractivity contribution in [1.29, 1.82) is 0 Å². The lowest BCUT2D eigenvalue weighted by Crippen LogP contribution is -3.17. The molecule has 3 N–H and O–H groups in total. The number of hydrogen-bond acceptors (Lipinski definition) is 2. The Kier molecular flexibility index (Phi) is 5.81. The van der Waals surface area contributed by atoms with Crippen LogP contribution >= 0.6 is 0 Å². The molecule has 148 valence electrons. The predicted molar refractivity (Wildman–Crippen MR) is 111 cm³/mol. The number of nitrogens with one attached hydrogen (secondary N) is 3. The smallest absolute Gasteiger partial charge is 0.319 e. The van der Waals surface area contributed by atoms with Gasteiger partial charge < -0.3 is 20.3 Å². The minimum Gasteiger partial charge on any atom is -0.492 e. The third-order valence-electron chi connectivity index (χ3n) is 6.07. The zero-order chi connectivity index (χ0) is 19.3. The molecule has 4 rings (SSSR count). The Morgan fingerprint density at radius 2 is 1.71 bits per heavy atom. The normalized spacial score (nSPS) is 25.9. The summed E-state index contributed by atoms with van der Waals surface area (Å²) in [6, 6.07) is 19.7. The van der Waals surface area contributed by atoms with Gasteiger partial charge in [0.05, 0.1) is 24.4 Å². The van der Waals surface area contributed by atoms with Crippen molar-refractivity contribution in [3.05, 3.63) is 60.2 Å². The molecule has 2 unspecified atom stereocenters. The number of rotatable bonds is 6. The number of urea groups is 1. The van der Waals surface area contributed by atoms with E-state index in [1.54, 1.807) is 4.90 Å². The van der Waals surface area contributed by atoms with Crippen molar-refractivity contribution >= 4 is 11.7 Å². The fourth-order valence-electron chi connectivity index (χ4n) is 4.86. The summed E-state index contributed by atoms with van der Waals surface area (Å²) in [6.45, 7) is 3.61. The van der Waals surface area contributed by atoms with Crippen molar-refractivity contribution in [2.45, 2.75) is 57.3 Å². The fraction of sp³-hybridized carbons (Fsp3) is 0.435. The zero-order valence-corrected chi connectivity index (χ0v) is 16.5. The van der Waals surface area contributed by atoms with E-state index in [0.717, 1.165) is 25.1 Å². The predicted octanol–water partition coefficient (Wildman–Crippen LogP) is 2.99. The van der Waals surface area contributed by atoms with Gasteiger partial charge in [0.15, 0.2) is 0 Å². The van der Waals surface area contributed by atoms with E-state index >= 15 is 0 Å². The second-order valence-corrected chi connectivity index (χ2v) is 7.90. The Morgan fingerprint density at radius 1 is 1.04 bits per heavy atom. The topological polar surface area (TPSA) is 54.8 Å². The molecule has 2 aliphatic rings. The molecule has 2 saturated heterocycles. The first kappa shape index (κ1) is 18.8. The molecule has 2 bridgehead atoms. The standard InChI is InChI=1S/C23H29N3O2/c1-2-28-22-11-7-6-10-21(22)25-23(27)24-18-14-19-12-13-20(15-18)26(19)16-17-8-4-3-5-9-17/h3-11,18-20H,2,12-16H2,1H3,(H2,24,25,27)/p+1/t18?,19-,20+. The number of carbonyl (C=O) groups excluding carboxylic acids is 1.